The number of aryl methyl sites for hydroxylation is 3. The Morgan fingerprint density at radius 3 is 2.14 bits per heavy atom. The molecule has 0 radical (unpaired) electrons. The summed E-state index contributed by atoms with van der Waals surface area (Å²) >= 11 is 0. The molecule has 2 nitrogen and oxygen atoms in total. The van der Waals surface area contributed by atoms with Gasteiger partial charge in [-0.25, -0.2) is 0 Å². The van der Waals surface area contributed by atoms with Crippen LogP contribution in [0.1, 0.15) is 29.2 Å². The maximum Gasteiger partial charge on any atom is 0.102 e. The van der Waals surface area contributed by atoms with E-state index in [0.29, 0.717) is 0 Å². The molecule has 2 heteroatoms. The van der Waals surface area contributed by atoms with E-state index in [4.69, 9.17) is 5.11 Å². The van der Waals surface area contributed by atoms with E-state index in [1.54, 1.807) is 6.92 Å². The fourth-order valence-corrected chi connectivity index (χ4v) is 1.74. The van der Waals surface area contributed by atoms with Crippen LogP contribution in [0.3, 0.4) is 0 Å². The number of benzene rings is 1. The number of hydrogen-bond donors (Lipinski definition) is 2. The Morgan fingerprint density at radius 2 is 1.71 bits per heavy atom. The van der Waals surface area contributed by atoms with E-state index < -0.39 is 6.23 Å². The summed E-state index contributed by atoms with van der Waals surface area (Å²) in [5, 5.41) is 12.2. The summed E-state index contributed by atoms with van der Waals surface area (Å²) in [5.41, 5.74) is 5.16. The molecule has 78 valence electrons. The first kappa shape index (κ1) is 11.2. The number of hydrogen-bond acceptors (Lipinski definition) is 2. The summed E-state index contributed by atoms with van der Waals surface area (Å²) in [7, 11) is 0. The fraction of sp³-hybridized carbons (Fsp3) is 0.500. The van der Waals surface area contributed by atoms with Gasteiger partial charge in [0.05, 0.1) is 0 Å². The van der Waals surface area contributed by atoms with Crippen LogP contribution >= 0.6 is 0 Å². The average molecular weight is 193 g/mol. The average Bonchev–Trinajstić information content (AvgIpc) is 2.01. The number of nitrogens with one attached hydrogen (secondary N) is 1. The van der Waals surface area contributed by atoms with Crippen LogP contribution in [0.4, 0.5) is 0 Å². The maximum atomic E-state index is 9.14. The summed E-state index contributed by atoms with van der Waals surface area (Å²) in [6.07, 6.45) is -0.449. The lowest BCUT2D eigenvalue weighted by molar-refractivity contribution is 0.154. The Bertz CT molecular complexity index is 295. The van der Waals surface area contributed by atoms with Crippen molar-refractivity contribution in [3.63, 3.8) is 0 Å². The van der Waals surface area contributed by atoms with E-state index in [-0.39, 0.29) is 0 Å². The molecule has 2 N–H and O–H groups in total. The smallest absolute Gasteiger partial charge is 0.102 e. The van der Waals surface area contributed by atoms with Crippen molar-refractivity contribution in [2.45, 2.75) is 40.5 Å². The van der Waals surface area contributed by atoms with Gasteiger partial charge in [-0.3, -0.25) is 5.32 Å². The van der Waals surface area contributed by atoms with Gasteiger partial charge in [-0.05, 0) is 44.4 Å². The minimum absolute atomic E-state index is 0.449. The van der Waals surface area contributed by atoms with Crippen LogP contribution in [-0.4, -0.2) is 11.3 Å². The molecule has 1 unspecified atom stereocenters. The molecule has 0 bridgehead atoms. The monoisotopic (exact) mass is 193 g/mol. The first-order chi connectivity index (χ1) is 6.50. The zero-order valence-electron chi connectivity index (χ0n) is 9.39. The van der Waals surface area contributed by atoms with Crippen LogP contribution < -0.4 is 5.32 Å². The Morgan fingerprint density at radius 1 is 1.21 bits per heavy atom. The van der Waals surface area contributed by atoms with E-state index in [1.807, 2.05) is 0 Å². The van der Waals surface area contributed by atoms with Gasteiger partial charge in [0.15, 0.2) is 0 Å². The molecule has 1 rings (SSSR count). The predicted molar refractivity (Wildman–Crippen MR) is 59.2 cm³/mol. The molecule has 0 aromatic heterocycles. The van der Waals surface area contributed by atoms with Gasteiger partial charge >= 0.3 is 0 Å². The van der Waals surface area contributed by atoms with Gasteiger partial charge in [-0.15, -0.1) is 0 Å². The highest BCUT2D eigenvalue weighted by Crippen LogP contribution is 2.15. The number of rotatable bonds is 3. The lowest BCUT2D eigenvalue weighted by Crippen LogP contribution is -2.25. The Balaban J connectivity index is 2.86. The summed E-state index contributed by atoms with van der Waals surface area (Å²) in [5.74, 6) is 0. The quantitative estimate of drug-likeness (QED) is 0.720. The molecule has 0 spiro atoms. The van der Waals surface area contributed by atoms with Crippen molar-refractivity contribution < 1.29 is 5.11 Å². The van der Waals surface area contributed by atoms with Crippen LogP contribution in [0.2, 0.25) is 0 Å². The molecule has 1 aromatic rings. The van der Waals surface area contributed by atoms with Crippen molar-refractivity contribution in [3.8, 4) is 0 Å². The standard InChI is InChI=1S/C12H19NO/c1-8-5-9(2)12(10(3)6-8)7-13-11(4)14/h5-6,11,13-14H,7H2,1-4H3. The fourth-order valence-electron chi connectivity index (χ4n) is 1.74. The SMILES string of the molecule is Cc1cc(C)c(CNC(C)O)c(C)c1. The highest BCUT2D eigenvalue weighted by molar-refractivity contribution is 5.37. The third kappa shape index (κ3) is 2.82. The van der Waals surface area contributed by atoms with Gasteiger partial charge in [-0.1, -0.05) is 17.7 Å². The van der Waals surface area contributed by atoms with E-state index in [1.165, 1.54) is 22.3 Å². The summed E-state index contributed by atoms with van der Waals surface area (Å²) < 4.78 is 0. The summed E-state index contributed by atoms with van der Waals surface area (Å²) in [6, 6.07) is 4.35. The molecule has 0 amide bonds. The minimum Gasteiger partial charge on any atom is -0.379 e. The molecule has 1 aromatic carbocycles. The van der Waals surface area contributed by atoms with Crippen molar-refractivity contribution in [3.05, 3.63) is 34.4 Å². The van der Waals surface area contributed by atoms with Gasteiger partial charge < -0.3 is 5.11 Å². The summed E-state index contributed by atoms with van der Waals surface area (Å²) in [4.78, 5) is 0. The largest absolute Gasteiger partial charge is 0.379 e. The molecular formula is C12H19NO. The van der Waals surface area contributed by atoms with Gasteiger partial charge in [-0.2, -0.15) is 0 Å². The second-order valence-electron chi connectivity index (χ2n) is 3.93. The third-order valence-corrected chi connectivity index (χ3v) is 2.41. The number of aliphatic hydroxyl groups excluding tert-OH is 1. The Labute approximate surface area is 86.0 Å². The second-order valence-corrected chi connectivity index (χ2v) is 3.93. The van der Waals surface area contributed by atoms with Crippen LogP contribution in [-0.2, 0) is 6.54 Å². The Hall–Kier alpha value is -0.860. The topological polar surface area (TPSA) is 32.3 Å². The van der Waals surface area contributed by atoms with Gasteiger partial charge in [0.2, 0.25) is 0 Å². The minimum atomic E-state index is -0.449. The summed E-state index contributed by atoms with van der Waals surface area (Å²) in [6.45, 7) is 8.79. The molecule has 0 saturated heterocycles. The molecule has 0 aliphatic carbocycles. The molecule has 0 saturated carbocycles. The number of aliphatic hydroxyl groups is 1. The lowest BCUT2D eigenvalue weighted by atomic mass is 10.00. The van der Waals surface area contributed by atoms with Crippen LogP contribution in [0.25, 0.3) is 0 Å². The first-order valence-electron chi connectivity index (χ1n) is 4.99. The van der Waals surface area contributed by atoms with Crippen LogP contribution in [0.5, 0.6) is 0 Å². The van der Waals surface area contributed by atoms with E-state index in [2.05, 4.69) is 38.2 Å². The second kappa shape index (κ2) is 4.58. The Kier molecular flexibility index (Phi) is 3.67. The molecule has 0 heterocycles. The maximum absolute atomic E-state index is 9.14. The van der Waals surface area contributed by atoms with Crippen molar-refractivity contribution >= 4 is 0 Å². The molecule has 0 aliphatic rings. The van der Waals surface area contributed by atoms with Crippen molar-refractivity contribution in [1.29, 1.82) is 0 Å². The van der Waals surface area contributed by atoms with Crippen molar-refractivity contribution in [1.82, 2.24) is 5.32 Å². The van der Waals surface area contributed by atoms with E-state index in [9.17, 15) is 0 Å². The molecule has 0 aliphatic heterocycles. The highest BCUT2D eigenvalue weighted by Gasteiger charge is 2.04. The predicted octanol–water partition coefficient (Wildman–Crippen LogP) is 2.04. The van der Waals surface area contributed by atoms with Crippen molar-refractivity contribution in [2.24, 2.45) is 0 Å². The normalized spacial score (nSPS) is 12.9. The molecule has 1 atom stereocenters. The van der Waals surface area contributed by atoms with Crippen LogP contribution in [0.15, 0.2) is 12.1 Å². The van der Waals surface area contributed by atoms with E-state index >= 15 is 0 Å². The van der Waals surface area contributed by atoms with E-state index in [0.717, 1.165) is 6.54 Å². The van der Waals surface area contributed by atoms with Gasteiger partial charge in [0.25, 0.3) is 0 Å². The zero-order chi connectivity index (χ0) is 10.7. The van der Waals surface area contributed by atoms with Gasteiger partial charge in [0.1, 0.15) is 6.23 Å². The van der Waals surface area contributed by atoms with Gasteiger partial charge in [0, 0.05) is 6.54 Å². The first-order valence-corrected chi connectivity index (χ1v) is 4.99. The molecular weight excluding hydrogens is 174 g/mol. The van der Waals surface area contributed by atoms with Crippen LogP contribution in [0, 0.1) is 20.8 Å². The molecule has 14 heavy (non-hydrogen) atoms. The third-order valence-electron chi connectivity index (χ3n) is 2.41. The zero-order valence-corrected chi connectivity index (χ0v) is 9.39. The lowest BCUT2D eigenvalue weighted by Gasteiger charge is -2.13. The van der Waals surface area contributed by atoms with Crippen molar-refractivity contribution in [2.75, 3.05) is 0 Å². The highest BCUT2D eigenvalue weighted by atomic mass is 16.3. The molecule has 0 fully saturated rings.